The third-order valence-electron chi connectivity index (χ3n) is 4.83. The summed E-state index contributed by atoms with van der Waals surface area (Å²) in [5.74, 6) is 0.612. The summed E-state index contributed by atoms with van der Waals surface area (Å²) >= 11 is 0. The van der Waals surface area contributed by atoms with E-state index in [0.717, 1.165) is 5.82 Å². The molecule has 146 valence electrons. The van der Waals surface area contributed by atoms with Gasteiger partial charge in [-0.2, -0.15) is 0 Å². The lowest BCUT2D eigenvalue weighted by Crippen LogP contribution is -2.57. The van der Waals surface area contributed by atoms with Crippen molar-refractivity contribution in [2.24, 2.45) is 0 Å². The van der Waals surface area contributed by atoms with Crippen molar-refractivity contribution in [2.75, 3.05) is 26.7 Å². The van der Waals surface area contributed by atoms with E-state index in [1.54, 1.807) is 18.5 Å². The largest absolute Gasteiger partial charge is 0.497 e. The molecule has 1 aromatic carbocycles. The molecule has 1 aliphatic rings. The fourth-order valence-corrected chi connectivity index (χ4v) is 3.32. The van der Waals surface area contributed by atoms with Crippen LogP contribution >= 0.6 is 0 Å². The summed E-state index contributed by atoms with van der Waals surface area (Å²) in [6, 6.07) is 4.44. The highest BCUT2D eigenvalue weighted by molar-refractivity contribution is 5.86. The standard InChI is InChI=1S/C19H25FN4O3/c1-27-15-3-4-16(20)14(11-15)12-24-10-2-6-19(26,18(24)25)13-21-7-5-17-22-8-9-23-17/h3-4,8-9,11,21,26H,2,5-7,10,12-13H2,1H3,(H,22,23). The summed E-state index contributed by atoms with van der Waals surface area (Å²) in [6.07, 6.45) is 5.16. The predicted octanol–water partition coefficient (Wildman–Crippen LogP) is 1.24. The van der Waals surface area contributed by atoms with Crippen LogP contribution in [-0.2, 0) is 17.8 Å². The minimum Gasteiger partial charge on any atom is -0.497 e. The molecule has 0 aliphatic carbocycles. The molecule has 3 N–H and O–H groups in total. The Balaban J connectivity index is 1.59. The molecule has 1 atom stereocenters. The van der Waals surface area contributed by atoms with Crippen molar-refractivity contribution >= 4 is 5.91 Å². The maximum atomic E-state index is 14.1. The number of hydrogen-bond donors (Lipinski definition) is 3. The van der Waals surface area contributed by atoms with Crippen molar-refractivity contribution in [3.8, 4) is 5.75 Å². The Bertz CT molecular complexity index is 768. The molecule has 1 saturated heterocycles. The molecular weight excluding hydrogens is 351 g/mol. The van der Waals surface area contributed by atoms with Gasteiger partial charge in [0.05, 0.1) is 7.11 Å². The van der Waals surface area contributed by atoms with Gasteiger partial charge in [-0.05, 0) is 31.0 Å². The zero-order chi connectivity index (χ0) is 19.3. The number of likely N-dealkylation sites (tertiary alicyclic amines) is 1. The number of rotatable bonds is 8. The number of piperidine rings is 1. The van der Waals surface area contributed by atoms with Gasteiger partial charge in [0.25, 0.3) is 5.91 Å². The first-order valence-electron chi connectivity index (χ1n) is 9.05. The number of imidazole rings is 1. The van der Waals surface area contributed by atoms with Gasteiger partial charge in [0, 0.05) is 50.6 Å². The topological polar surface area (TPSA) is 90.5 Å². The average molecular weight is 376 g/mol. The molecule has 0 radical (unpaired) electrons. The quantitative estimate of drug-likeness (QED) is 0.603. The molecule has 0 spiro atoms. The lowest BCUT2D eigenvalue weighted by atomic mass is 9.91. The third-order valence-corrected chi connectivity index (χ3v) is 4.83. The molecule has 2 aromatic rings. The number of aromatic nitrogens is 2. The third kappa shape index (κ3) is 4.64. The zero-order valence-corrected chi connectivity index (χ0v) is 15.4. The van der Waals surface area contributed by atoms with Crippen LogP contribution in [0.4, 0.5) is 4.39 Å². The molecule has 1 amide bonds. The van der Waals surface area contributed by atoms with Crippen molar-refractivity contribution in [2.45, 2.75) is 31.4 Å². The SMILES string of the molecule is COc1ccc(F)c(CN2CCCC(O)(CNCCc3ncc[nH]3)C2=O)c1. The highest BCUT2D eigenvalue weighted by Crippen LogP contribution is 2.25. The van der Waals surface area contributed by atoms with Gasteiger partial charge in [-0.25, -0.2) is 9.37 Å². The van der Waals surface area contributed by atoms with E-state index < -0.39 is 11.4 Å². The minimum absolute atomic E-state index is 0.108. The van der Waals surface area contributed by atoms with Gasteiger partial charge < -0.3 is 25.0 Å². The number of carbonyl (C=O) groups is 1. The fraction of sp³-hybridized carbons (Fsp3) is 0.474. The Hall–Kier alpha value is -2.45. The molecule has 8 heteroatoms. The number of amides is 1. The van der Waals surface area contributed by atoms with E-state index in [0.29, 0.717) is 43.7 Å². The highest BCUT2D eigenvalue weighted by atomic mass is 19.1. The number of hydrogen-bond acceptors (Lipinski definition) is 5. The Labute approximate surface area is 157 Å². The Morgan fingerprint density at radius 1 is 1.48 bits per heavy atom. The molecule has 0 saturated carbocycles. The number of benzene rings is 1. The van der Waals surface area contributed by atoms with Gasteiger partial charge in [-0.3, -0.25) is 4.79 Å². The van der Waals surface area contributed by atoms with Crippen LogP contribution in [0.1, 0.15) is 24.2 Å². The second kappa shape index (κ2) is 8.49. The van der Waals surface area contributed by atoms with Crippen LogP contribution in [0.25, 0.3) is 0 Å². The highest BCUT2D eigenvalue weighted by Gasteiger charge is 2.41. The average Bonchev–Trinajstić information content (AvgIpc) is 3.18. The number of H-pyrrole nitrogens is 1. The first kappa shape index (κ1) is 19.3. The van der Waals surface area contributed by atoms with E-state index in [9.17, 15) is 14.3 Å². The van der Waals surface area contributed by atoms with Crippen LogP contribution in [-0.4, -0.2) is 58.2 Å². The number of nitrogens with zero attached hydrogens (tertiary/aromatic N) is 2. The zero-order valence-electron chi connectivity index (χ0n) is 15.4. The number of aliphatic hydroxyl groups is 1. The second-order valence-corrected chi connectivity index (χ2v) is 6.78. The predicted molar refractivity (Wildman–Crippen MR) is 97.7 cm³/mol. The van der Waals surface area contributed by atoms with Crippen LogP contribution in [0, 0.1) is 5.82 Å². The van der Waals surface area contributed by atoms with E-state index in [-0.39, 0.29) is 19.0 Å². The van der Waals surface area contributed by atoms with E-state index >= 15 is 0 Å². The molecule has 2 heterocycles. The molecule has 3 rings (SSSR count). The first-order valence-corrected chi connectivity index (χ1v) is 9.05. The summed E-state index contributed by atoms with van der Waals surface area (Å²) in [4.78, 5) is 21.5. The molecule has 1 unspecified atom stereocenters. The lowest BCUT2D eigenvalue weighted by molar-refractivity contribution is -0.157. The van der Waals surface area contributed by atoms with Gasteiger partial charge in [0.1, 0.15) is 17.4 Å². The van der Waals surface area contributed by atoms with Crippen LogP contribution < -0.4 is 10.1 Å². The Kier molecular flexibility index (Phi) is 6.08. The molecule has 27 heavy (non-hydrogen) atoms. The molecule has 1 fully saturated rings. The maximum absolute atomic E-state index is 14.1. The van der Waals surface area contributed by atoms with E-state index in [1.165, 1.54) is 24.1 Å². The number of aromatic amines is 1. The first-order chi connectivity index (χ1) is 13.0. The monoisotopic (exact) mass is 376 g/mol. The van der Waals surface area contributed by atoms with Gasteiger partial charge in [-0.1, -0.05) is 0 Å². The Morgan fingerprint density at radius 3 is 3.07 bits per heavy atom. The number of ether oxygens (including phenoxy) is 1. The van der Waals surface area contributed by atoms with Gasteiger partial charge in [0.15, 0.2) is 5.60 Å². The van der Waals surface area contributed by atoms with Gasteiger partial charge in [0.2, 0.25) is 0 Å². The van der Waals surface area contributed by atoms with Gasteiger partial charge >= 0.3 is 0 Å². The molecule has 7 nitrogen and oxygen atoms in total. The maximum Gasteiger partial charge on any atom is 0.256 e. The van der Waals surface area contributed by atoms with E-state index in [1.807, 2.05) is 0 Å². The van der Waals surface area contributed by atoms with Crippen LogP contribution in [0.15, 0.2) is 30.6 Å². The summed E-state index contributed by atoms with van der Waals surface area (Å²) in [6.45, 7) is 1.35. The number of methoxy groups -OCH3 is 1. The molecular formula is C19H25FN4O3. The summed E-state index contributed by atoms with van der Waals surface area (Å²) in [5, 5.41) is 13.9. The van der Waals surface area contributed by atoms with Crippen LogP contribution in [0.2, 0.25) is 0 Å². The summed E-state index contributed by atoms with van der Waals surface area (Å²) in [5.41, 5.74) is -1.10. The molecule has 1 aromatic heterocycles. The van der Waals surface area contributed by atoms with Gasteiger partial charge in [-0.15, -0.1) is 0 Å². The Morgan fingerprint density at radius 2 is 2.33 bits per heavy atom. The molecule has 1 aliphatic heterocycles. The lowest BCUT2D eigenvalue weighted by Gasteiger charge is -2.38. The van der Waals surface area contributed by atoms with Crippen molar-refractivity contribution in [1.29, 1.82) is 0 Å². The van der Waals surface area contributed by atoms with Crippen LogP contribution in [0.5, 0.6) is 5.75 Å². The summed E-state index contributed by atoms with van der Waals surface area (Å²) in [7, 11) is 1.51. The molecule has 0 bridgehead atoms. The smallest absolute Gasteiger partial charge is 0.256 e. The normalized spacial score (nSPS) is 20.1. The summed E-state index contributed by atoms with van der Waals surface area (Å²) < 4.78 is 19.2. The van der Waals surface area contributed by atoms with Crippen molar-refractivity contribution in [3.05, 3.63) is 47.8 Å². The van der Waals surface area contributed by atoms with E-state index in [2.05, 4.69) is 15.3 Å². The number of carbonyl (C=O) groups excluding carboxylic acids is 1. The number of halogens is 1. The van der Waals surface area contributed by atoms with E-state index in [4.69, 9.17) is 4.74 Å². The second-order valence-electron chi connectivity index (χ2n) is 6.78. The minimum atomic E-state index is -1.48. The number of nitrogens with one attached hydrogen (secondary N) is 2. The van der Waals surface area contributed by atoms with Crippen molar-refractivity contribution in [1.82, 2.24) is 20.2 Å². The fourth-order valence-electron chi connectivity index (χ4n) is 3.32. The van der Waals surface area contributed by atoms with Crippen molar-refractivity contribution in [3.63, 3.8) is 0 Å². The van der Waals surface area contributed by atoms with Crippen LogP contribution in [0.3, 0.4) is 0 Å². The van der Waals surface area contributed by atoms with Crippen molar-refractivity contribution < 1.29 is 19.0 Å².